The summed E-state index contributed by atoms with van der Waals surface area (Å²) in [5, 5.41) is 8.95. The second-order valence-electron chi connectivity index (χ2n) is 3.80. The first-order valence-electron chi connectivity index (χ1n) is 5.53. The first kappa shape index (κ1) is 14.6. The van der Waals surface area contributed by atoms with Gasteiger partial charge in [0.2, 0.25) is 0 Å². The average molecular weight is 355 g/mol. The number of hydrogen-bond donors (Lipinski definition) is 1. The Morgan fingerprint density at radius 2 is 2.15 bits per heavy atom. The van der Waals surface area contributed by atoms with Crippen LogP contribution in [0.15, 0.2) is 47.2 Å². The van der Waals surface area contributed by atoms with E-state index in [0.29, 0.717) is 22.1 Å². The molecule has 0 fully saturated rings. The van der Waals surface area contributed by atoms with Gasteiger partial charge in [-0.3, -0.25) is 4.98 Å². The van der Waals surface area contributed by atoms with E-state index in [1.54, 1.807) is 36.7 Å². The van der Waals surface area contributed by atoms with Crippen molar-refractivity contribution < 1.29 is 14.6 Å². The quantitative estimate of drug-likeness (QED) is 0.827. The van der Waals surface area contributed by atoms with E-state index in [9.17, 15) is 4.79 Å². The van der Waals surface area contributed by atoms with E-state index < -0.39 is 5.97 Å². The number of pyridine rings is 1. The van der Waals surface area contributed by atoms with Crippen LogP contribution in [-0.4, -0.2) is 16.1 Å². The van der Waals surface area contributed by atoms with E-state index in [0.717, 1.165) is 10.5 Å². The lowest BCUT2D eigenvalue weighted by Gasteiger charge is -2.08. The van der Waals surface area contributed by atoms with Crippen molar-refractivity contribution in [2.24, 2.45) is 0 Å². The van der Waals surface area contributed by atoms with Crippen LogP contribution in [0.5, 0.6) is 11.5 Å². The molecule has 1 aromatic heterocycles. The molecule has 0 aliphatic heterocycles. The predicted molar refractivity (Wildman–Crippen MR) is 80.1 cm³/mol. The van der Waals surface area contributed by atoms with Gasteiger partial charge in [-0.1, -0.05) is 17.7 Å². The number of benzene rings is 1. The van der Waals surface area contributed by atoms with Crippen LogP contribution in [0.3, 0.4) is 0 Å². The Kier molecular flexibility index (Phi) is 4.76. The van der Waals surface area contributed by atoms with Gasteiger partial charge in [-0.25, -0.2) is 4.79 Å². The van der Waals surface area contributed by atoms with Crippen LogP contribution in [0.2, 0.25) is 5.02 Å². The van der Waals surface area contributed by atoms with E-state index in [-0.39, 0.29) is 0 Å². The third-order valence-corrected chi connectivity index (χ3v) is 3.01. The summed E-state index contributed by atoms with van der Waals surface area (Å²) in [7, 11) is 0. The fourth-order valence-corrected chi connectivity index (χ4v) is 2.02. The van der Waals surface area contributed by atoms with Crippen LogP contribution in [0.1, 0.15) is 5.56 Å². The van der Waals surface area contributed by atoms with Gasteiger partial charge in [0, 0.05) is 16.7 Å². The predicted octanol–water partition coefficient (Wildman–Crippen LogP) is 4.39. The molecule has 0 saturated heterocycles. The van der Waals surface area contributed by atoms with Gasteiger partial charge in [-0.05, 0) is 45.8 Å². The zero-order valence-electron chi connectivity index (χ0n) is 10.1. The maximum absolute atomic E-state index is 10.4. The Morgan fingerprint density at radius 1 is 1.35 bits per heavy atom. The summed E-state index contributed by atoms with van der Waals surface area (Å²) >= 11 is 9.40. The fraction of sp³-hybridized carbons (Fsp3) is 0. The molecule has 0 aliphatic carbocycles. The number of carboxylic acid groups (broad SMARTS) is 1. The molecular weight excluding hydrogens is 346 g/mol. The summed E-state index contributed by atoms with van der Waals surface area (Å²) in [5.74, 6) is 0.0100. The van der Waals surface area contributed by atoms with Crippen molar-refractivity contribution in [2.75, 3.05) is 0 Å². The Bertz CT molecular complexity index is 673. The number of ether oxygens (including phenoxy) is 1. The second-order valence-corrected chi connectivity index (χ2v) is 5.13. The van der Waals surface area contributed by atoms with Gasteiger partial charge < -0.3 is 9.84 Å². The van der Waals surface area contributed by atoms with Crippen LogP contribution in [0.4, 0.5) is 0 Å². The highest BCUT2D eigenvalue weighted by Crippen LogP contribution is 2.31. The first-order chi connectivity index (χ1) is 9.54. The van der Waals surface area contributed by atoms with Crippen LogP contribution in [-0.2, 0) is 4.79 Å². The lowest BCUT2D eigenvalue weighted by Crippen LogP contribution is -1.88. The van der Waals surface area contributed by atoms with E-state index >= 15 is 0 Å². The van der Waals surface area contributed by atoms with Gasteiger partial charge in [-0.2, -0.15) is 0 Å². The number of carbonyl (C=O) groups is 1. The number of aliphatic carboxylic acids is 1. The summed E-state index contributed by atoms with van der Waals surface area (Å²) in [6, 6.07) is 6.78. The van der Waals surface area contributed by atoms with Gasteiger partial charge in [0.15, 0.2) is 0 Å². The largest absolute Gasteiger partial charge is 0.478 e. The number of hydrogen-bond acceptors (Lipinski definition) is 3. The van der Waals surface area contributed by atoms with Gasteiger partial charge in [0.25, 0.3) is 0 Å². The minimum atomic E-state index is -1.01. The molecule has 6 heteroatoms. The topological polar surface area (TPSA) is 59.4 Å². The minimum Gasteiger partial charge on any atom is -0.478 e. The zero-order chi connectivity index (χ0) is 14.5. The highest BCUT2D eigenvalue weighted by molar-refractivity contribution is 9.10. The standard InChI is InChI=1S/C14H9BrClNO3/c15-10-6-11(8-17-7-10)20-13-3-1-9(5-12(13)16)2-4-14(18)19/h1-8H,(H,18,19)/b4-2+. The first-order valence-corrected chi connectivity index (χ1v) is 6.70. The third-order valence-electron chi connectivity index (χ3n) is 2.28. The number of nitrogens with zero attached hydrogens (tertiary/aromatic N) is 1. The van der Waals surface area contributed by atoms with Crippen molar-refractivity contribution in [3.8, 4) is 11.5 Å². The Balaban J connectivity index is 2.20. The summed E-state index contributed by atoms with van der Waals surface area (Å²) < 4.78 is 6.40. The Labute approximate surface area is 128 Å². The molecular formula is C14H9BrClNO3. The normalized spacial score (nSPS) is 10.7. The van der Waals surface area contributed by atoms with Gasteiger partial charge >= 0.3 is 5.97 Å². The van der Waals surface area contributed by atoms with E-state index in [4.69, 9.17) is 21.4 Å². The number of halogens is 2. The molecule has 2 aromatic rings. The summed E-state index contributed by atoms with van der Waals surface area (Å²) in [6.45, 7) is 0. The molecule has 102 valence electrons. The molecule has 0 bridgehead atoms. The molecule has 1 heterocycles. The SMILES string of the molecule is O=C(O)/C=C/c1ccc(Oc2cncc(Br)c2)c(Cl)c1. The van der Waals surface area contributed by atoms with Gasteiger partial charge in [-0.15, -0.1) is 0 Å². The number of rotatable bonds is 4. The van der Waals surface area contributed by atoms with E-state index in [2.05, 4.69) is 20.9 Å². The van der Waals surface area contributed by atoms with E-state index in [1.165, 1.54) is 6.08 Å². The maximum atomic E-state index is 10.4. The van der Waals surface area contributed by atoms with Crippen molar-refractivity contribution in [3.05, 3.63) is 57.8 Å². The smallest absolute Gasteiger partial charge is 0.328 e. The molecule has 0 unspecified atom stereocenters. The van der Waals surface area contributed by atoms with Crippen molar-refractivity contribution in [2.45, 2.75) is 0 Å². The number of carboxylic acids is 1. The second kappa shape index (κ2) is 6.54. The Hall–Kier alpha value is -1.85. The van der Waals surface area contributed by atoms with Crippen LogP contribution < -0.4 is 4.74 Å². The van der Waals surface area contributed by atoms with Crippen LogP contribution >= 0.6 is 27.5 Å². The molecule has 0 spiro atoms. The summed E-state index contributed by atoms with van der Waals surface area (Å²) in [6.07, 6.45) is 5.72. The number of aromatic nitrogens is 1. The minimum absolute atomic E-state index is 0.387. The van der Waals surface area contributed by atoms with Gasteiger partial charge in [0.1, 0.15) is 11.5 Å². The molecule has 1 aromatic carbocycles. The van der Waals surface area contributed by atoms with Crippen molar-refractivity contribution in [1.82, 2.24) is 4.98 Å². The Morgan fingerprint density at radius 3 is 2.80 bits per heavy atom. The van der Waals surface area contributed by atoms with Crippen LogP contribution in [0, 0.1) is 0 Å². The molecule has 0 saturated carbocycles. The van der Waals surface area contributed by atoms with Crippen LogP contribution in [0.25, 0.3) is 6.08 Å². The molecule has 0 atom stereocenters. The van der Waals surface area contributed by atoms with Crippen molar-refractivity contribution >= 4 is 39.6 Å². The highest BCUT2D eigenvalue weighted by Gasteiger charge is 2.04. The van der Waals surface area contributed by atoms with Crippen molar-refractivity contribution in [3.63, 3.8) is 0 Å². The van der Waals surface area contributed by atoms with Crippen molar-refractivity contribution in [1.29, 1.82) is 0 Å². The monoisotopic (exact) mass is 353 g/mol. The molecule has 4 nitrogen and oxygen atoms in total. The molecule has 2 rings (SSSR count). The molecule has 0 aliphatic rings. The average Bonchev–Trinajstić information content (AvgIpc) is 2.39. The maximum Gasteiger partial charge on any atom is 0.328 e. The highest BCUT2D eigenvalue weighted by atomic mass is 79.9. The zero-order valence-corrected chi connectivity index (χ0v) is 12.4. The molecule has 0 radical (unpaired) electrons. The summed E-state index contributed by atoms with van der Waals surface area (Å²) in [5.41, 5.74) is 0.678. The van der Waals surface area contributed by atoms with Gasteiger partial charge in [0.05, 0.1) is 11.2 Å². The molecule has 1 N–H and O–H groups in total. The molecule has 20 heavy (non-hydrogen) atoms. The third kappa shape index (κ3) is 4.08. The molecule has 0 amide bonds. The lowest BCUT2D eigenvalue weighted by molar-refractivity contribution is -0.131. The summed E-state index contributed by atoms with van der Waals surface area (Å²) in [4.78, 5) is 14.4. The van der Waals surface area contributed by atoms with E-state index in [1.807, 2.05) is 0 Å². The lowest BCUT2D eigenvalue weighted by atomic mass is 10.2. The fourth-order valence-electron chi connectivity index (χ4n) is 1.45.